The van der Waals surface area contributed by atoms with Gasteiger partial charge in [-0.2, -0.15) is 0 Å². The summed E-state index contributed by atoms with van der Waals surface area (Å²) in [6.45, 7) is 2.37. The van der Waals surface area contributed by atoms with Crippen LogP contribution in [-0.4, -0.2) is 29.6 Å². The maximum Gasteiger partial charge on any atom is 0.249 e. The fourth-order valence-corrected chi connectivity index (χ4v) is 4.02. The maximum absolute atomic E-state index is 14.1. The number of hydrogen-bond acceptors (Lipinski definition) is 3. The summed E-state index contributed by atoms with van der Waals surface area (Å²) in [7, 11) is 0. The third kappa shape index (κ3) is 4.27. The summed E-state index contributed by atoms with van der Waals surface area (Å²) in [5.41, 5.74) is 8.16. The largest absolute Gasteiger partial charge is 0.489 e. The van der Waals surface area contributed by atoms with Crippen LogP contribution in [0.15, 0.2) is 36.5 Å². The summed E-state index contributed by atoms with van der Waals surface area (Å²) in [6.07, 6.45) is 3.90. The van der Waals surface area contributed by atoms with Gasteiger partial charge >= 0.3 is 0 Å². The van der Waals surface area contributed by atoms with E-state index in [1.807, 2.05) is 6.20 Å². The maximum atomic E-state index is 14.1. The van der Waals surface area contributed by atoms with E-state index in [9.17, 15) is 13.6 Å². The molecule has 0 saturated carbocycles. The first-order valence-corrected chi connectivity index (χ1v) is 9.71. The molecule has 0 fully saturated rings. The number of aromatic nitrogens is 1. The predicted molar refractivity (Wildman–Crippen MR) is 114 cm³/mol. The molecule has 1 aromatic heterocycles. The molecule has 4 N–H and O–H groups in total. The molecule has 160 valence electrons. The Balaban J connectivity index is 0.00000256. The molecule has 2 aromatic carbocycles. The molecule has 0 aliphatic carbocycles. The van der Waals surface area contributed by atoms with Crippen LogP contribution in [0.5, 0.6) is 5.75 Å². The highest BCUT2D eigenvalue weighted by atomic mass is 35.5. The zero-order valence-electron chi connectivity index (χ0n) is 16.5. The molecule has 0 spiro atoms. The Morgan fingerprint density at radius 3 is 2.87 bits per heavy atom. The lowest BCUT2D eigenvalue weighted by Crippen LogP contribution is -2.46. The number of aromatic amines is 1. The Morgan fingerprint density at radius 2 is 2.13 bits per heavy atom. The van der Waals surface area contributed by atoms with Gasteiger partial charge in [-0.05, 0) is 55.2 Å². The highest BCUT2D eigenvalue weighted by Gasteiger charge is 2.28. The van der Waals surface area contributed by atoms with Crippen molar-refractivity contribution in [2.75, 3.05) is 6.61 Å². The van der Waals surface area contributed by atoms with Crippen molar-refractivity contribution in [1.82, 2.24) is 10.3 Å². The Kier molecular flexibility index (Phi) is 6.63. The number of rotatable bonds is 6. The van der Waals surface area contributed by atoms with Gasteiger partial charge in [0.25, 0.3) is 0 Å². The first kappa shape index (κ1) is 22.1. The standard InChI is InChI=1S/C22H23F2N3O2.ClH/c1-2-14(7-12-10-26-20-6-3-13(23)8-17(12)20)27-15-9-18-16(22(25)28)4-5-19(24)21(18)29-11-15;/h3-6,8,10,14-15,26-27H,2,7,9,11H2,1H3,(H2,25,28);1H. The summed E-state index contributed by atoms with van der Waals surface area (Å²) >= 11 is 0. The lowest BCUT2D eigenvalue weighted by Gasteiger charge is -2.30. The van der Waals surface area contributed by atoms with Crippen molar-refractivity contribution in [2.45, 2.75) is 38.3 Å². The molecule has 30 heavy (non-hydrogen) atoms. The van der Waals surface area contributed by atoms with Crippen LogP contribution in [0.1, 0.15) is 34.8 Å². The van der Waals surface area contributed by atoms with Crippen molar-refractivity contribution < 1.29 is 18.3 Å². The summed E-state index contributed by atoms with van der Waals surface area (Å²) in [5, 5.41) is 4.41. The van der Waals surface area contributed by atoms with E-state index in [0.717, 1.165) is 22.9 Å². The molecular weight excluding hydrogens is 412 g/mol. The molecule has 2 unspecified atom stereocenters. The second-order valence-corrected chi connectivity index (χ2v) is 7.46. The lowest BCUT2D eigenvalue weighted by atomic mass is 9.95. The summed E-state index contributed by atoms with van der Waals surface area (Å²) in [5.74, 6) is -1.24. The van der Waals surface area contributed by atoms with Gasteiger partial charge in [0.2, 0.25) is 5.91 Å². The van der Waals surface area contributed by atoms with Gasteiger partial charge in [0, 0.05) is 40.3 Å². The average molecular weight is 436 g/mol. The van der Waals surface area contributed by atoms with E-state index >= 15 is 0 Å². The van der Waals surface area contributed by atoms with E-state index in [-0.39, 0.29) is 41.6 Å². The second-order valence-electron chi connectivity index (χ2n) is 7.46. The van der Waals surface area contributed by atoms with Crippen LogP contribution in [0.3, 0.4) is 0 Å². The molecule has 1 aliphatic heterocycles. The van der Waals surface area contributed by atoms with Crippen molar-refractivity contribution >= 4 is 29.2 Å². The minimum absolute atomic E-state index is 0. The fraction of sp³-hybridized carbons (Fsp3) is 0.318. The first-order chi connectivity index (χ1) is 14.0. The monoisotopic (exact) mass is 435 g/mol. The minimum Gasteiger partial charge on any atom is -0.489 e. The smallest absolute Gasteiger partial charge is 0.249 e. The van der Waals surface area contributed by atoms with Crippen LogP contribution in [0.2, 0.25) is 0 Å². The normalized spacial score (nSPS) is 16.4. The molecule has 8 heteroatoms. The van der Waals surface area contributed by atoms with Gasteiger partial charge in [0.15, 0.2) is 11.6 Å². The van der Waals surface area contributed by atoms with E-state index < -0.39 is 11.7 Å². The van der Waals surface area contributed by atoms with Gasteiger partial charge in [-0.25, -0.2) is 8.78 Å². The minimum atomic E-state index is -0.599. The average Bonchev–Trinajstić information content (AvgIpc) is 3.09. The van der Waals surface area contributed by atoms with Crippen molar-refractivity contribution in [3.05, 3.63) is 64.9 Å². The Hall–Kier alpha value is -2.64. The molecule has 0 radical (unpaired) electrons. The van der Waals surface area contributed by atoms with Crippen molar-refractivity contribution in [3.63, 3.8) is 0 Å². The molecule has 3 aromatic rings. The van der Waals surface area contributed by atoms with Crippen molar-refractivity contribution in [3.8, 4) is 5.75 Å². The van der Waals surface area contributed by atoms with E-state index in [4.69, 9.17) is 10.5 Å². The van der Waals surface area contributed by atoms with Crippen LogP contribution >= 0.6 is 12.4 Å². The number of ether oxygens (including phenoxy) is 1. The molecule has 4 rings (SSSR count). The molecule has 2 heterocycles. The molecule has 1 amide bonds. The number of hydrogen-bond donors (Lipinski definition) is 3. The third-order valence-corrected chi connectivity index (χ3v) is 5.52. The number of nitrogens with one attached hydrogen (secondary N) is 2. The number of amides is 1. The van der Waals surface area contributed by atoms with E-state index in [2.05, 4.69) is 17.2 Å². The van der Waals surface area contributed by atoms with Crippen LogP contribution < -0.4 is 15.8 Å². The fourth-order valence-electron chi connectivity index (χ4n) is 4.02. The number of primary amides is 1. The number of carbonyl (C=O) groups is 1. The number of H-pyrrole nitrogens is 1. The van der Waals surface area contributed by atoms with Crippen molar-refractivity contribution in [1.29, 1.82) is 0 Å². The number of benzene rings is 2. The second kappa shape index (κ2) is 9.02. The SMILES string of the molecule is CCC(Cc1c[nH]c2ccc(F)cc12)NC1COc2c(F)ccc(C(N)=O)c2C1.Cl. The third-order valence-electron chi connectivity index (χ3n) is 5.52. The molecule has 5 nitrogen and oxygen atoms in total. The van der Waals surface area contributed by atoms with E-state index in [1.54, 1.807) is 6.07 Å². The highest BCUT2D eigenvalue weighted by molar-refractivity contribution is 5.95. The van der Waals surface area contributed by atoms with Gasteiger partial charge in [0.05, 0.1) is 0 Å². The lowest BCUT2D eigenvalue weighted by molar-refractivity contribution is 0.0997. The number of fused-ring (bicyclic) bond motifs is 2. The van der Waals surface area contributed by atoms with Crippen LogP contribution in [-0.2, 0) is 12.8 Å². The van der Waals surface area contributed by atoms with Crippen molar-refractivity contribution in [2.24, 2.45) is 5.73 Å². The zero-order chi connectivity index (χ0) is 20.5. The number of nitrogens with two attached hydrogens (primary N) is 1. The van der Waals surface area contributed by atoms with Crippen LogP contribution in [0.25, 0.3) is 10.9 Å². The quantitative estimate of drug-likeness (QED) is 0.549. The molecule has 1 aliphatic rings. The van der Waals surface area contributed by atoms with Gasteiger partial charge in [-0.15, -0.1) is 12.4 Å². The van der Waals surface area contributed by atoms with E-state index in [0.29, 0.717) is 25.0 Å². The molecule has 2 atom stereocenters. The Labute approximate surface area is 179 Å². The summed E-state index contributed by atoms with van der Waals surface area (Å²) in [4.78, 5) is 14.9. The van der Waals surface area contributed by atoms with Crippen LogP contribution in [0.4, 0.5) is 8.78 Å². The Morgan fingerprint density at radius 1 is 1.33 bits per heavy atom. The number of halogens is 3. The summed E-state index contributed by atoms with van der Waals surface area (Å²) in [6, 6.07) is 7.33. The zero-order valence-corrected chi connectivity index (χ0v) is 17.3. The van der Waals surface area contributed by atoms with Gasteiger partial charge < -0.3 is 20.8 Å². The van der Waals surface area contributed by atoms with E-state index in [1.165, 1.54) is 24.3 Å². The Bertz CT molecular complexity index is 1070. The van der Waals surface area contributed by atoms with Gasteiger partial charge in [-0.3, -0.25) is 4.79 Å². The van der Waals surface area contributed by atoms with Gasteiger partial charge in [0.1, 0.15) is 12.4 Å². The first-order valence-electron chi connectivity index (χ1n) is 9.71. The molecular formula is C22H24ClF2N3O2. The predicted octanol–water partition coefficient (Wildman–Crippen LogP) is 3.88. The molecule has 0 bridgehead atoms. The highest BCUT2D eigenvalue weighted by Crippen LogP contribution is 2.31. The number of carbonyl (C=O) groups excluding carboxylic acids is 1. The van der Waals surface area contributed by atoms with Gasteiger partial charge in [-0.1, -0.05) is 6.92 Å². The summed E-state index contributed by atoms with van der Waals surface area (Å²) < 4.78 is 33.3. The van der Waals surface area contributed by atoms with Crippen LogP contribution in [0, 0.1) is 11.6 Å². The topological polar surface area (TPSA) is 80.1 Å². The molecule has 0 saturated heterocycles.